The summed E-state index contributed by atoms with van der Waals surface area (Å²) in [5.41, 5.74) is -0.325. The number of hydrogen-bond acceptors (Lipinski definition) is 6. The van der Waals surface area contributed by atoms with Crippen molar-refractivity contribution in [3.8, 4) is 11.6 Å². The van der Waals surface area contributed by atoms with Crippen molar-refractivity contribution in [2.24, 2.45) is 0 Å². The lowest BCUT2D eigenvalue weighted by molar-refractivity contribution is -0.386. The van der Waals surface area contributed by atoms with Crippen LogP contribution in [0.1, 0.15) is 0 Å². The summed E-state index contributed by atoms with van der Waals surface area (Å²) in [7, 11) is -3.39. The molecule has 0 radical (unpaired) electrons. The minimum absolute atomic E-state index is 0.0553. The van der Waals surface area contributed by atoms with E-state index in [2.05, 4.69) is 20.9 Å². The molecule has 2 rings (SSSR count). The van der Waals surface area contributed by atoms with Gasteiger partial charge in [-0.2, -0.15) is 0 Å². The Hall–Kier alpha value is -2.00. The first-order valence-electron chi connectivity index (χ1n) is 5.55. The van der Waals surface area contributed by atoms with E-state index in [0.29, 0.717) is 4.47 Å². The molecule has 1 aromatic heterocycles. The molecule has 0 spiro atoms. The second kappa shape index (κ2) is 5.78. The molecule has 1 aromatic carbocycles. The number of pyridine rings is 1. The van der Waals surface area contributed by atoms with Crippen LogP contribution in [0.25, 0.3) is 0 Å². The van der Waals surface area contributed by atoms with Gasteiger partial charge in [-0.1, -0.05) is 6.07 Å². The van der Waals surface area contributed by atoms with Crippen LogP contribution in [-0.2, 0) is 9.84 Å². The first-order chi connectivity index (χ1) is 9.77. The summed E-state index contributed by atoms with van der Waals surface area (Å²) in [6.45, 7) is 0. The zero-order valence-corrected chi connectivity index (χ0v) is 13.1. The molecule has 7 nitrogen and oxygen atoms in total. The van der Waals surface area contributed by atoms with Crippen molar-refractivity contribution in [2.45, 2.75) is 4.90 Å². The van der Waals surface area contributed by atoms with Crippen LogP contribution in [0.15, 0.2) is 45.9 Å². The largest absolute Gasteiger partial charge is 0.434 e. The van der Waals surface area contributed by atoms with Crippen LogP contribution in [0, 0.1) is 10.1 Å². The van der Waals surface area contributed by atoms with Gasteiger partial charge in [0.2, 0.25) is 0 Å². The lowest BCUT2D eigenvalue weighted by atomic mass is 10.3. The zero-order chi connectivity index (χ0) is 15.6. The number of aromatic nitrogens is 1. The molecule has 0 atom stereocenters. The van der Waals surface area contributed by atoms with E-state index in [9.17, 15) is 18.5 Å². The second-order valence-electron chi connectivity index (χ2n) is 4.08. The molecule has 1 heterocycles. The standard InChI is InChI=1S/C12H9BrN2O5S/c1-21(18,19)10-4-2-3-9(6-10)20-12-11(15(16)17)5-8(13)7-14-12/h2-7H,1H3. The predicted molar refractivity (Wildman–Crippen MR) is 78.2 cm³/mol. The van der Waals surface area contributed by atoms with Crippen LogP contribution >= 0.6 is 15.9 Å². The first kappa shape index (κ1) is 15.4. The Morgan fingerprint density at radius 3 is 2.67 bits per heavy atom. The van der Waals surface area contributed by atoms with E-state index >= 15 is 0 Å². The fourth-order valence-corrected chi connectivity index (χ4v) is 2.48. The molecule has 110 valence electrons. The lowest BCUT2D eigenvalue weighted by Crippen LogP contribution is -1.99. The topological polar surface area (TPSA) is 99.4 Å². The van der Waals surface area contributed by atoms with Crippen molar-refractivity contribution in [1.29, 1.82) is 0 Å². The fraction of sp³-hybridized carbons (Fsp3) is 0.0833. The lowest BCUT2D eigenvalue weighted by Gasteiger charge is -2.06. The van der Waals surface area contributed by atoms with Gasteiger partial charge in [0.25, 0.3) is 5.88 Å². The van der Waals surface area contributed by atoms with E-state index in [1.165, 1.54) is 36.5 Å². The summed E-state index contributed by atoms with van der Waals surface area (Å²) in [6.07, 6.45) is 2.41. The van der Waals surface area contributed by atoms with Gasteiger partial charge in [-0.25, -0.2) is 13.4 Å². The maximum atomic E-state index is 11.5. The molecule has 0 aliphatic rings. The van der Waals surface area contributed by atoms with Gasteiger partial charge in [0, 0.05) is 23.0 Å². The molecule has 0 amide bonds. The minimum Gasteiger partial charge on any atom is -0.434 e. The number of ether oxygens (including phenoxy) is 1. The Kier molecular flexibility index (Phi) is 4.24. The average Bonchev–Trinajstić information content (AvgIpc) is 2.40. The number of rotatable bonds is 4. The summed E-state index contributed by atoms with van der Waals surface area (Å²) in [5, 5.41) is 11.0. The molecule has 0 N–H and O–H groups in total. The number of nitro groups is 1. The summed E-state index contributed by atoms with van der Waals surface area (Å²) >= 11 is 3.09. The van der Waals surface area contributed by atoms with Crippen LogP contribution in [0.5, 0.6) is 11.6 Å². The van der Waals surface area contributed by atoms with Gasteiger partial charge in [0.05, 0.1) is 9.82 Å². The monoisotopic (exact) mass is 372 g/mol. The molecular weight excluding hydrogens is 364 g/mol. The van der Waals surface area contributed by atoms with Crippen LogP contribution in [0.4, 0.5) is 5.69 Å². The summed E-state index contributed by atoms with van der Waals surface area (Å²) < 4.78 is 28.7. The normalized spacial score (nSPS) is 11.1. The average molecular weight is 373 g/mol. The molecule has 2 aromatic rings. The van der Waals surface area contributed by atoms with Crippen LogP contribution < -0.4 is 4.74 Å². The molecule has 0 saturated carbocycles. The number of hydrogen-bond donors (Lipinski definition) is 0. The maximum Gasteiger partial charge on any atom is 0.332 e. The molecule has 0 aliphatic heterocycles. The van der Waals surface area contributed by atoms with E-state index in [1.54, 1.807) is 0 Å². The third kappa shape index (κ3) is 3.76. The maximum absolute atomic E-state index is 11.5. The van der Waals surface area contributed by atoms with Crippen LogP contribution in [0.3, 0.4) is 0 Å². The van der Waals surface area contributed by atoms with E-state index in [4.69, 9.17) is 4.74 Å². The SMILES string of the molecule is CS(=O)(=O)c1cccc(Oc2ncc(Br)cc2[N+](=O)[O-])c1. The number of benzene rings is 1. The van der Waals surface area contributed by atoms with Crippen LogP contribution in [0.2, 0.25) is 0 Å². The Bertz CT molecular complexity index is 807. The molecular formula is C12H9BrN2O5S. The Balaban J connectivity index is 2.41. The number of nitrogens with zero attached hydrogens (tertiary/aromatic N) is 2. The molecule has 0 bridgehead atoms. The Labute approximate surface area is 128 Å². The summed E-state index contributed by atoms with van der Waals surface area (Å²) in [4.78, 5) is 14.2. The minimum atomic E-state index is -3.39. The number of sulfone groups is 1. The third-order valence-corrected chi connectivity index (χ3v) is 3.99. The smallest absolute Gasteiger partial charge is 0.332 e. The predicted octanol–water partition coefficient (Wildman–Crippen LogP) is 2.95. The van der Waals surface area contributed by atoms with Gasteiger partial charge in [0.15, 0.2) is 9.84 Å². The van der Waals surface area contributed by atoms with Gasteiger partial charge in [-0.3, -0.25) is 10.1 Å². The van der Waals surface area contributed by atoms with Crippen molar-refractivity contribution >= 4 is 31.5 Å². The van der Waals surface area contributed by atoms with Gasteiger partial charge in [-0.15, -0.1) is 0 Å². The highest BCUT2D eigenvalue weighted by atomic mass is 79.9. The van der Waals surface area contributed by atoms with E-state index in [1.807, 2.05) is 0 Å². The summed E-state index contributed by atoms with van der Waals surface area (Å²) in [6, 6.07) is 6.91. The van der Waals surface area contributed by atoms with Crippen molar-refractivity contribution < 1.29 is 18.1 Å². The molecule has 0 fully saturated rings. The Morgan fingerprint density at radius 1 is 1.33 bits per heavy atom. The van der Waals surface area contributed by atoms with Crippen molar-refractivity contribution in [3.05, 3.63) is 51.1 Å². The highest BCUT2D eigenvalue weighted by molar-refractivity contribution is 9.10. The van der Waals surface area contributed by atoms with Crippen molar-refractivity contribution in [2.75, 3.05) is 6.26 Å². The van der Waals surface area contributed by atoms with Gasteiger partial charge in [0.1, 0.15) is 5.75 Å². The quantitative estimate of drug-likeness (QED) is 0.604. The highest BCUT2D eigenvalue weighted by Gasteiger charge is 2.19. The van der Waals surface area contributed by atoms with E-state index in [-0.39, 0.29) is 22.2 Å². The highest BCUT2D eigenvalue weighted by Crippen LogP contribution is 2.31. The van der Waals surface area contributed by atoms with Crippen molar-refractivity contribution in [3.63, 3.8) is 0 Å². The third-order valence-electron chi connectivity index (χ3n) is 2.44. The molecule has 0 aliphatic carbocycles. The van der Waals surface area contributed by atoms with Crippen LogP contribution in [-0.4, -0.2) is 24.6 Å². The zero-order valence-electron chi connectivity index (χ0n) is 10.7. The van der Waals surface area contributed by atoms with Gasteiger partial charge >= 0.3 is 5.69 Å². The molecule has 0 saturated heterocycles. The summed E-state index contributed by atoms with van der Waals surface area (Å²) in [5.74, 6) is -0.0651. The first-order valence-corrected chi connectivity index (χ1v) is 8.24. The van der Waals surface area contributed by atoms with E-state index in [0.717, 1.165) is 6.26 Å². The van der Waals surface area contributed by atoms with Crippen molar-refractivity contribution in [1.82, 2.24) is 4.98 Å². The molecule has 21 heavy (non-hydrogen) atoms. The molecule has 9 heteroatoms. The van der Waals surface area contributed by atoms with Gasteiger partial charge < -0.3 is 4.74 Å². The Morgan fingerprint density at radius 2 is 2.05 bits per heavy atom. The van der Waals surface area contributed by atoms with E-state index < -0.39 is 14.8 Å². The molecule has 0 unspecified atom stereocenters. The van der Waals surface area contributed by atoms with Gasteiger partial charge in [-0.05, 0) is 34.1 Å². The number of halogens is 1. The second-order valence-corrected chi connectivity index (χ2v) is 7.02. The fourth-order valence-electron chi connectivity index (χ4n) is 1.51.